The lowest BCUT2D eigenvalue weighted by Crippen LogP contribution is -2.32. The van der Waals surface area contributed by atoms with Crippen molar-refractivity contribution in [3.63, 3.8) is 0 Å². The number of phenolic OH excluding ortho intramolecular Hbond substituents is 1. The normalized spacial score (nSPS) is 17.1. The first-order valence-corrected chi connectivity index (χ1v) is 9.64. The molecular formula is C16H23N5O4S. The summed E-state index contributed by atoms with van der Waals surface area (Å²) in [5.74, 6) is -0.611. The number of carbonyl (C=O) groups excluding carboxylic acids is 1. The molecule has 1 aromatic carbocycles. The summed E-state index contributed by atoms with van der Waals surface area (Å²) in [6, 6.07) is 4.51. The zero-order valence-electron chi connectivity index (χ0n) is 15.1. The lowest BCUT2D eigenvalue weighted by atomic mass is 10.1. The smallest absolute Gasteiger partial charge is 0.345 e. The minimum Gasteiger partial charge on any atom is -0.505 e. The number of aliphatic imine (C=N–C) groups is 1. The molecule has 9 nitrogen and oxygen atoms in total. The Labute approximate surface area is 153 Å². The van der Waals surface area contributed by atoms with Crippen LogP contribution in [0.15, 0.2) is 27.6 Å². The number of rotatable bonds is 5. The van der Waals surface area contributed by atoms with Gasteiger partial charge in [-0.3, -0.25) is 9.79 Å². The molecule has 0 aliphatic carbocycles. The molecule has 0 saturated carbocycles. The first-order chi connectivity index (χ1) is 12.2. The van der Waals surface area contributed by atoms with Crippen LogP contribution in [0, 0.1) is 0 Å². The van der Waals surface area contributed by atoms with Crippen LogP contribution in [0.3, 0.4) is 0 Å². The Morgan fingerprint density at radius 1 is 1.35 bits per heavy atom. The highest BCUT2D eigenvalue weighted by Crippen LogP contribution is 2.28. The molecule has 10 heteroatoms. The van der Waals surface area contributed by atoms with Gasteiger partial charge in [0.1, 0.15) is 0 Å². The van der Waals surface area contributed by atoms with E-state index in [1.807, 2.05) is 13.8 Å². The number of amidine groups is 2. The number of hydrogen-bond donors (Lipinski definition) is 3. The van der Waals surface area contributed by atoms with Crippen LogP contribution >= 0.6 is 0 Å². The molecule has 1 amide bonds. The predicted octanol–water partition coefficient (Wildman–Crippen LogP) is 1.34. The maximum Gasteiger partial charge on any atom is 0.345 e. The van der Waals surface area contributed by atoms with Gasteiger partial charge in [0.15, 0.2) is 17.4 Å². The van der Waals surface area contributed by atoms with E-state index >= 15 is 0 Å². The molecule has 0 saturated heterocycles. The number of hydrogen-bond acceptors (Lipinski definition) is 6. The van der Waals surface area contributed by atoms with Crippen molar-refractivity contribution in [1.29, 1.82) is 0 Å². The monoisotopic (exact) mass is 381 g/mol. The predicted molar refractivity (Wildman–Crippen MR) is 101 cm³/mol. The van der Waals surface area contributed by atoms with Gasteiger partial charge in [-0.05, 0) is 25.0 Å². The van der Waals surface area contributed by atoms with Crippen LogP contribution in [-0.2, 0) is 10.2 Å². The fourth-order valence-corrected chi connectivity index (χ4v) is 3.18. The third-order valence-electron chi connectivity index (χ3n) is 3.84. The largest absolute Gasteiger partial charge is 0.505 e. The minimum absolute atomic E-state index is 0.0262. The van der Waals surface area contributed by atoms with E-state index in [9.17, 15) is 18.3 Å². The summed E-state index contributed by atoms with van der Waals surface area (Å²) in [6.45, 7) is 3.90. The Kier molecular flexibility index (Phi) is 5.86. The third kappa shape index (κ3) is 4.31. The number of phenols is 1. The summed E-state index contributed by atoms with van der Waals surface area (Å²) in [6.07, 6.45) is 1.49. The van der Waals surface area contributed by atoms with Crippen LogP contribution in [0.1, 0.15) is 37.0 Å². The van der Waals surface area contributed by atoms with Crippen LogP contribution in [-0.4, -0.2) is 56.1 Å². The van der Waals surface area contributed by atoms with Crippen LogP contribution in [0.25, 0.3) is 0 Å². The number of anilines is 1. The minimum atomic E-state index is -3.89. The van der Waals surface area contributed by atoms with Gasteiger partial charge in [0.2, 0.25) is 0 Å². The van der Waals surface area contributed by atoms with Crippen molar-refractivity contribution in [1.82, 2.24) is 9.62 Å². The van der Waals surface area contributed by atoms with Crippen LogP contribution in [0.5, 0.6) is 5.75 Å². The molecule has 0 aromatic heterocycles. The topological polar surface area (TPSA) is 123 Å². The van der Waals surface area contributed by atoms with Gasteiger partial charge in [0, 0.05) is 14.1 Å². The quantitative estimate of drug-likeness (QED) is 0.664. The van der Waals surface area contributed by atoms with E-state index in [1.54, 1.807) is 20.2 Å². The highest BCUT2D eigenvalue weighted by atomic mass is 32.2. The second-order valence-electron chi connectivity index (χ2n) is 5.99. The second-order valence-corrected chi connectivity index (χ2v) is 7.33. The van der Waals surface area contributed by atoms with Crippen LogP contribution in [0.4, 0.5) is 5.69 Å². The van der Waals surface area contributed by atoms with Crippen molar-refractivity contribution < 1.29 is 18.3 Å². The van der Waals surface area contributed by atoms with Gasteiger partial charge < -0.3 is 15.3 Å². The Bertz CT molecular complexity index is 857. The molecule has 1 aliphatic heterocycles. The number of nitrogens with zero attached hydrogens (tertiary/aromatic N) is 3. The molecule has 3 N–H and O–H groups in total. The molecule has 1 aromatic rings. The molecule has 0 spiro atoms. The Hall–Kier alpha value is -2.62. The van der Waals surface area contributed by atoms with Gasteiger partial charge in [-0.15, -0.1) is 4.40 Å². The van der Waals surface area contributed by atoms with Crippen molar-refractivity contribution in [2.75, 3.05) is 19.4 Å². The number of amides is 1. The summed E-state index contributed by atoms with van der Waals surface area (Å²) in [5, 5.41) is 13.1. The Morgan fingerprint density at radius 3 is 2.58 bits per heavy atom. The van der Waals surface area contributed by atoms with Crippen molar-refractivity contribution in [3.05, 3.63) is 23.8 Å². The maximum atomic E-state index is 12.1. The maximum absolute atomic E-state index is 12.1. The molecule has 26 heavy (non-hydrogen) atoms. The van der Waals surface area contributed by atoms with E-state index in [-0.39, 0.29) is 40.6 Å². The number of aromatic hydroxyl groups is 1. The first-order valence-electron chi connectivity index (χ1n) is 8.20. The zero-order chi connectivity index (χ0) is 19.5. The molecule has 0 atom stereocenters. The third-order valence-corrected chi connectivity index (χ3v) is 4.72. The zero-order valence-corrected chi connectivity index (χ0v) is 16.0. The average Bonchev–Trinajstić information content (AvgIpc) is 2.87. The fraction of sp³-hybridized carbons (Fsp3) is 0.438. The van der Waals surface area contributed by atoms with Gasteiger partial charge in [-0.1, -0.05) is 19.9 Å². The van der Waals surface area contributed by atoms with Crippen molar-refractivity contribution in [2.45, 2.75) is 32.7 Å². The van der Waals surface area contributed by atoms with E-state index in [1.165, 1.54) is 17.0 Å². The van der Waals surface area contributed by atoms with Crippen molar-refractivity contribution in [3.8, 4) is 5.75 Å². The number of para-hydroxylation sites is 1. The molecule has 1 heterocycles. The summed E-state index contributed by atoms with van der Waals surface area (Å²) >= 11 is 0. The van der Waals surface area contributed by atoms with Gasteiger partial charge in [0.05, 0.1) is 17.3 Å². The molecule has 0 unspecified atom stereocenters. The number of nitrogens with one attached hydrogen (secondary N) is 2. The van der Waals surface area contributed by atoms with Gasteiger partial charge >= 0.3 is 10.2 Å². The second kappa shape index (κ2) is 7.73. The fourth-order valence-electron chi connectivity index (χ4n) is 2.37. The molecule has 0 fully saturated rings. The number of carbonyl (C=O) groups is 1. The Morgan fingerprint density at radius 2 is 2.00 bits per heavy atom. The molecular weight excluding hydrogens is 358 g/mol. The van der Waals surface area contributed by atoms with Gasteiger partial charge in [0.25, 0.3) is 5.91 Å². The molecule has 142 valence electrons. The number of benzene rings is 1. The van der Waals surface area contributed by atoms with E-state index in [0.717, 1.165) is 12.8 Å². The van der Waals surface area contributed by atoms with Crippen LogP contribution in [0.2, 0.25) is 0 Å². The average molecular weight is 381 g/mol. The first kappa shape index (κ1) is 19.7. The highest BCUT2D eigenvalue weighted by molar-refractivity contribution is 7.89. The van der Waals surface area contributed by atoms with E-state index < -0.39 is 10.2 Å². The summed E-state index contributed by atoms with van der Waals surface area (Å²) in [4.78, 5) is 17.8. The molecule has 0 radical (unpaired) electrons. The summed E-state index contributed by atoms with van der Waals surface area (Å²) in [7, 11) is -0.753. The van der Waals surface area contributed by atoms with Crippen molar-refractivity contribution in [2.24, 2.45) is 9.39 Å². The van der Waals surface area contributed by atoms with Crippen molar-refractivity contribution >= 4 is 33.5 Å². The van der Waals surface area contributed by atoms with Gasteiger partial charge in [-0.25, -0.2) is 4.72 Å². The lowest BCUT2D eigenvalue weighted by Gasteiger charge is -2.15. The summed E-state index contributed by atoms with van der Waals surface area (Å²) < 4.78 is 29.5. The standard InChI is InChI=1S/C16H23N5O4S/c1-5-10(6-2)17-14-15(20-26(24,25)19-14)18-12-9-7-8-11(13(12)22)16(23)21(3)4/h7-10,22H,5-6H2,1-4H3,(H,17,19)(H,18,20). The SMILES string of the molecule is CCC(CC)N=C1NS(=O)(=O)N=C1Nc1cccc(C(=O)N(C)C)c1O. The highest BCUT2D eigenvalue weighted by Gasteiger charge is 2.28. The van der Waals surface area contributed by atoms with E-state index in [0.29, 0.717) is 0 Å². The molecule has 1 aliphatic rings. The molecule has 2 rings (SSSR count). The van der Waals surface area contributed by atoms with E-state index in [4.69, 9.17) is 0 Å². The van der Waals surface area contributed by atoms with Gasteiger partial charge in [-0.2, -0.15) is 8.42 Å². The van der Waals surface area contributed by atoms with E-state index in [2.05, 4.69) is 19.4 Å². The van der Waals surface area contributed by atoms with Crippen LogP contribution < -0.4 is 10.0 Å². The summed E-state index contributed by atoms with van der Waals surface area (Å²) in [5.41, 5.74) is 0.250. The Balaban J connectivity index is 2.40. The lowest BCUT2D eigenvalue weighted by molar-refractivity contribution is 0.0824. The molecule has 0 bridgehead atoms.